The molecular weight excluding hydrogens is 579 g/mol. The average molecular weight is 618 g/mol. The lowest BCUT2D eigenvalue weighted by Crippen LogP contribution is -2.25. The molecule has 0 saturated carbocycles. The molecule has 1 heteroatoms. The van der Waals surface area contributed by atoms with E-state index in [0.717, 1.165) is 31.6 Å². The van der Waals surface area contributed by atoms with Crippen LogP contribution in [0.5, 0.6) is 0 Å². The minimum atomic E-state index is -0.222. The molecule has 0 aliphatic heterocycles. The highest BCUT2D eigenvalue weighted by Crippen LogP contribution is 2.71. The van der Waals surface area contributed by atoms with E-state index in [2.05, 4.69) is 132 Å². The molecule has 3 unspecified atom stereocenters. The summed E-state index contributed by atoms with van der Waals surface area (Å²) in [5, 5.41) is 0. The molecule has 0 fully saturated rings. The van der Waals surface area contributed by atoms with Crippen LogP contribution in [0.3, 0.4) is 0 Å². The Labute approximate surface area is 284 Å². The van der Waals surface area contributed by atoms with E-state index in [4.69, 9.17) is 0 Å². The summed E-state index contributed by atoms with van der Waals surface area (Å²) in [5.74, 6) is 1.44. The van der Waals surface area contributed by atoms with Gasteiger partial charge < -0.3 is 4.90 Å². The quantitative estimate of drug-likeness (QED) is 0.206. The second-order valence-electron chi connectivity index (χ2n) is 14.8. The van der Waals surface area contributed by atoms with E-state index in [-0.39, 0.29) is 5.41 Å². The molecule has 0 heterocycles. The Morgan fingerprint density at radius 3 is 2.44 bits per heavy atom. The van der Waals surface area contributed by atoms with Crippen molar-refractivity contribution in [3.05, 3.63) is 172 Å². The second-order valence-corrected chi connectivity index (χ2v) is 14.8. The molecule has 1 spiro atoms. The van der Waals surface area contributed by atoms with Gasteiger partial charge in [-0.1, -0.05) is 97.1 Å². The Bertz CT molecular complexity index is 2250. The van der Waals surface area contributed by atoms with E-state index in [0.29, 0.717) is 5.92 Å². The Morgan fingerprint density at radius 1 is 0.646 bits per heavy atom. The maximum absolute atomic E-state index is 2.56. The van der Waals surface area contributed by atoms with Gasteiger partial charge in [-0.25, -0.2) is 0 Å². The molecule has 11 rings (SSSR count). The molecule has 0 N–H and O–H groups in total. The van der Waals surface area contributed by atoms with Crippen molar-refractivity contribution in [3.8, 4) is 11.1 Å². The van der Waals surface area contributed by atoms with Gasteiger partial charge in [-0.3, -0.25) is 0 Å². The summed E-state index contributed by atoms with van der Waals surface area (Å²) in [6, 6.07) is 33.2. The molecule has 232 valence electrons. The van der Waals surface area contributed by atoms with Crippen molar-refractivity contribution >= 4 is 28.1 Å². The Hall–Kier alpha value is -4.88. The highest BCUT2D eigenvalue weighted by Gasteiger charge is 2.59. The number of fused-ring (bicyclic) bond motifs is 6. The van der Waals surface area contributed by atoms with E-state index in [1.807, 2.05) is 0 Å². The van der Waals surface area contributed by atoms with Gasteiger partial charge in [-0.2, -0.15) is 0 Å². The highest BCUT2D eigenvalue weighted by atomic mass is 15.1. The first-order chi connectivity index (χ1) is 23.8. The van der Waals surface area contributed by atoms with Crippen molar-refractivity contribution in [3.63, 3.8) is 0 Å². The summed E-state index contributed by atoms with van der Waals surface area (Å²) in [5.41, 5.74) is 21.2. The maximum atomic E-state index is 2.56. The number of anilines is 2. The van der Waals surface area contributed by atoms with Crippen molar-refractivity contribution in [1.82, 2.24) is 0 Å². The molecule has 0 radical (unpaired) electrons. The van der Waals surface area contributed by atoms with Crippen LogP contribution in [0.25, 0.3) is 27.8 Å². The van der Waals surface area contributed by atoms with Crippen LogP contribution in [0.1, 0.15) is 84.7 Å². The largest absolute Gasteiger partial charge is 0.311 e. The molecular formula is C47H39N. The van der Waals surface area contributed by atoms with Gasteiger partial charge in [-0.05, 0) is 160 Å². The summed E-state index contributed by atoms with van der Waals surface area (Å²) in [7, 11) is 0. The lowest BCUT2D eigenvalue weighted by molar-refractivity contribution is 0.373. The van der Waals surface area contributed by atoms with Crippen molar-refractivity contribution in [1.29, 1.82) is 0 Å². The normalized spacial score (nSPS) is 25.0. The van der Waals surface area contributed by atoms with E-state index in [1.165, 1.54) is 98.4 Å². The molecule has 0 saturated heterocycles. The maximum Gasteiger partial charge on any atom is 0.0734 e. The van der Waals surface area contributed by atoms with E-state index < -0.39 is 0 Å². The van der Waals surface area contributed by atoms with Crippen LogP contribution < -0.4 is 4.90 Å². The Balaban J connectivity index is 1.07. The van der Waals surface area contributed by atoms with E-state index in [1.54, 1.807) is 11.1 Å². The standard InChI is InChI=1S/C47H39N/c1-2-12-34(13-3-1)48(35-24-22-31(23-25-35)33-21-20-30-10-4-5-11-32(30)28-33)36-26-27-38-40-16-9-18-42-41-17-8-15-39-37-14-6-7-19-43(37)47(45(39)41,46(40)42)44(38)29-36/h2,5-7,9,11-14,16-19,22-30,32H,1,3-4,8,10,15,20-21H2. The van der Waals surface area contributed by atoms with Gasteiger partial charge >= 0.3 is 0 Å². The topological polar surface area (TPSA) is 3.24 Å². The zero-order valence-electron chi connectivity index (χ0n) is 27.4. The molecule has 0 amide bonds. The second kappa shape index (κ2) is 10.1. The van der Waals surface area contributed by atoms with Crippen molar-refractivity contribution < 1.29 is 0 Å². The highest BCUT2D eigenvalue weighted by molar-refractivity contribution is 6.11. The fourth-order valence-electron chi connectivity index (χ4n) is 10.6. The van der Waals surface area contributed by atoms with Crippen LogP contribution >= 0.6 is 0 Å². The molecule has 0 aromatic heterocycles. The number of hydrogen-bond acceptors (Lipinski definition) is 1. The summed E-state index contributed by atoms with van der Waals surface area (Å²) in [6.07, 6.45) is 26.6. The van der Waals surface area contributed by atoms with Gasteiger partial charge in [0.1, 0.15) is 0 Å². The monoisotopic (exact) mass is 617 g/mol. The van der Waals surface area contributed by atoms with Crippen LogP contribution in [0.15, 0.2) is 139 Å². The minimum absolute atomic E-state index is 0.222. The third-order valence-electron chi connectivity index (χ3n) is 12.5. The predicted molar refractivity (Wildman–Crippen MR) is 200 cm³/mol. The molecule has 4 aromatic rings. The fourth-order valence-corrected chi connectivity index (χ4v) is 10.6. The SMILES string of the molecule is C1=CC(N(c2ccc(C3=CC4C=CCCC4CC3)cc2)c2ccc3c(c2)C24C5=C(CCC=C5c5cccc-3c52)c2ccccc24)=CCC1. The van der Waals surface area contributed by atoms with Crippen molar-refractivity contribution in [2.75, 3.05) is 4.90 Å². The van der Waals surface area contributed by atoms with Crippen molar-refractivity contribution in [2.45, 2.75) is 56.8 Å². The van der Waals surface area contributed by atoms with Gasteiger partial charge in [0.25, 0.3) is 0 Å². The molecule has 3 atom stereocenters. The lowest BCUT2D eigenvalue weighted by atomic mass is 9.72. The number of allylic oxidation sites excluding steroid dienone is 11. The number of rotatable bonds is 4. The van der Waals surface area contributed by atoms with Gasteiger partial charge in [0.05, 0.1) is 5.41 Å². The first-order valence-corrected chi connectivity index (χ1v) is 18.3. The third kappa shape index (κ3) is 3.52. The summed E-state index contributed by atoms with van der Waals surface area (Å²) in [4.78, 5) is 2.51. The third-order valence-corrected chi connectivity index (χ3v) is 12.5. The van der Waals surface area contributed by atoms with E-state index in [9.17, 15) is 0 Å². The van der Waals surface area contributed by atoms with Crippen molar-refractivity contribution in [2.24, 2.45) is 11.8 Å². The minimum Gasteiger partial charge on any atom is -0.311 e. The van der Waals surface area contributed by atoms with Crippen LogP contribution in [0.2, 0.25) is 0 Å². The molecule has 0 bridgehead atoms. The number of benzene rings is 4. The van der Waals surface area contributed by atoms with Gasteiger partial charge in [0.2, 0.25) is 0 Å². The first kappa shape index (κ1) is 27.1. The Kier molecular flexibility index (Phi) is 5.68. The molecule has 48 heavy (non-hydrogen) atoms. The van der Waals surface area contributed by atoms with Gasteiger partial charge in [-0.15, -0.1) is 0 Å². The van der Waals surface area contributed by atoms with Crippen LogP contribution in [-0.2, 0) is 5.41 Å². The van der Waals surface area contributed by atoms with Crippen LogP contribution in [0, 0.1) is 11.8 Å². The number of hydrogen-bond donors (Lipinski definition) is 0. The summed E-state index contributed by atoms with van der Waals surface area (Å²) < 4.78 is 0. The smallest absolute Gasteiger partial charge is 0.0734 e. The van der Waals surface area contributed by atoms with Crippen LogP contribution in [0.4, 0.5) is 11.4 Å². The molecule has 4 aromatic carbocycles. The zero-order valence-corrected chi connectivity index (χ0v) is 27.4. The summed E-state index contributed by atoms with van der Waals surface area (Å²) in [6.45, 7) is 0. The van der Waals surface area contributed by atoms with Gasteiger partial charge in [0.15, 0.2) is 0 Å². The fraction of sp³-hybridized carbons (Fsp3) is 0.234. The molecule has 1 nitrogen and oxygen atoms in total. The average Bonchev–Trinajstić information content (AvgIpc) is 3.75. The Morgan fingerprint density at radius 2 is 1.52 bits per heavy atom. The lowest BCUT2D eigenvalue weighted by Gasteiger charge is -2.32. The summed E-state index contributed by atoms with van der Waals surface area (Å²) >= 11 is 0. The molecule has 7 aliphatic carbocycles. The van der Waals surface area contributed by atoms with Gasteiger partial charge in [0, 0.05) is 17.1 Å². The molecule has 7 aliphatic rings. The predicted octanol–water partition coefficient (Wildman–Crippen LogP) is 12.1. The van der Waals surface area contributed by atoms with E-state index >= 15 is 0 Å². The zero-order chi connectivity index (χ0) is 31.4. The van der Waals surface area contributed by atoms with Crippen LogP contribution in [-0.4, -0.2) is 0 Å². The first-order valence-electron chi connectivity index (χ1n) is 18.3. The number of nitrogens with zero attached hydrogens (tertiary/aromatic N) is 1.